The molecule has 1 aromatic rings. The van der Waals surface area contributed by atoms with Gasteiger partial charge in [0.2, 0.25) is 0 Å². The van der Waals surface area contributed by atoms with Crippen LogP contribution in [0.2, 0.25) is 0 Å². The fraction of sp³-hybridized carbons (Fsp3) is 0.500. The molecule has 0 saturated heterocycles. The van der Waals surface area contributed by atoms with E-state index in [1.165, 1.54) is 6.20 Å². The Kier molecular flexibility index (Phi) is 5.08. The van der Waals surface area contributed by atoms with Gasteiger partial charge in [-0.15, -0.1) is 0 Å². The maximum Gasteiger partial charge on any atom is 0.253 e. The number of carbonyl (C=O) groups is 1. The summed E-state index contributed by atoms with van der Waals surface area (Å²) in [5, 5.41) is 11.9. The molecule has 1 atom stereocenters. The lowest BCUT2D eigenvalue weighted by atomic mass is 9.94. The zero-order valence-corrected chi connectivity index (χ0v) is 11.6. The predicted octanol–water partition coefficient (Wildman–Crippen LogP) is 2.12. The molecule has 0 aliphatic heterocycles. The molecular weight excluding hydrogens is 284 g/mol. The highest BCUT2D eigenvalue weighted by molar-refractivity contribution is 9.10. The second-order valence-electron chi connectivity index (χ2n) is 4.21. The summed E-state index contributed by atoms with van der Waals surface area (Å²) in [5.41, 5.74) is 0.143. The Morgan fingerprint density at radius 1 is 1.59 bits per heavy atom. The number of amides is 1. The number of aliphatic hydroxyl groups excluding tert-OH is 1. The first-order chi connectivity index (χ1) is 8.00. The second-order valence-corrected chi connectivity index (χ2v) is 5.02. The lowest BCUT2D eigenvalue weighted by molar-refractivity contribution is 0.0886. The zero-order valence-electron chi connectivity index (χ0n) is 10.0. The fourth-order valence-electron chi connectivity index (χ4n) is 1.43. The smallest absolute Gasteiger partial charge is 0.253 e. The van der Waals surface area contributed by atoms with Crippen LogP contribution in [0.15, 0.2) is 22.9 Å². The number of nitrogens with zero attached hydrogens (tertiary/aromatic N) is 1. The van der Waals surface area contributed by atoms with E-state index in [1.54, 1.807) is 12.1 Å². The molecule has 1 heterocycles. The molecule has 17 heavy (non-hydrogen) atoms. The van der Waals surface area contributed by atoms with E-state index < -0.39 is 0 Å². The molecule has 94 valence electrons. The number of pyridine rings is 1. The van der Waals surface area contributed by atoms with Crippen molar-refractivity contribution in [2.24, 2.45) is 0 Å². The van der Waals surface area contributed by atoms with Crippen molar-refractivity contribution in [1.29, 1.82) is 0 Å². The molecule has 4 nitrogen and oxygen atoms in total. The van der Waals surface area contributed by atoms with Gasteiger partial charge in [-0.05, 0) is 47.8 Å². The minimum absolute atomic E-state index is 0.0587. The molecular formula is C12H17BrN2O2. The topological polar surface area (TPSA) is 62.2 Å². The van der Waals surface area contributed by atoms with Crippen LogP contribution in [0.4, 0.5) is 0 Å². The Bertz CT molecular complexity index is 381. The van der Waals surface area contributed by atoms with Gasteiger partial charge in [0.15, 0.2) is 0 Å². The summed E-state index contributed by atoms with van der Waals surface area (Å²) in [6, 6.07) is 3.44. The molecule has 0 bridgehead atoms. The standard InChI is InChI=1S/C12H17BrN2O2/c1-3-12(2,6-7-16)15-11(17)9-4-5-10(13)14-8-9/h4-5,8,16H,3,6-7H2,1-2H3,(H,15,17). The predicted molar refractivity (Wildman–Crippen MR) is 69.8 cm³/mol. The van der Waals surface area contributed by atoms with Crippen LogP contribution in [0.25, 0.3) is 0 Å². The molecule has 0 aliphatic rings. The van der Waals surface area contributed by atoms with Crippen LogP contribution in [0.1, 0.15) is 37.0 Å². The number of hydrogen-bond acceptors (Lipinski definition) is 3. The highest BCUT2D eigenvalue weighted by atomic mass is 79.9. The molecule has 2 N–H and O–H groups in total. The minimum Gasteiger partial charge on any atom is -0.396 e. The third-order valence-corrected chi connectivity index (χ3v) is 3.32. The Morgan fingerprint density at radius 3 is 2.76 bits per heavy atom. The van der Waals surface area contributed by atoms with Crippen LogP contribution in [-0.4, -0.2) is 28.1 Å². The lowest BCUT2D eigenvalue weighted by Gasteiger charge is -2.28. The van der Waals surface area contributed by atoms with Gasteiger partial charge < -0.3 is 10.4 Å². The van der Waals surface area contributed by atoms with Gasteiger partial charge in [0.1, 0.15) is 4.60 Å². The summed E-state index contributed by atoms with van der Waals surface area (Å²) in [5.74, 6) is -0.164. The number of carbonyl (C=O) groups excluding carboxylic acids is 1. The van der Waals surface area contributed by atoms with Crippen molar-refractivity contribution in [2.45, 2.75) is 32.2 Å². The molecule has 0 fully saturated rings. The van der Waals surface area contributed by atoms with E-state index in [0.29, 0.717) is 16.6 Å². The monoisotopic (exact) mass is 300 g/mol. The Balaban J connectivity index is 2.74. The summed E-state index contributed by atoms with van der Waals surface area (Å²) in [7, 11) is 0. The zero-order chi connectivity index (χ0) is 12.9. The number of rotatable bonds is 5. The van der Waals surface area contributed by atoms with Crippen LogP contribution in [0, 0.1) is 0 Å². The average Bonchev–Trinajstić information content (AvgIpc) is 2.30. The van der Waals surface area contributed by atoms with Crippen molar-refractivity contribution in [3.8, 4) is 0 Å². The molecule has 0 aliphatic carbocycles. The van der Waals surface area contributed by atoms with Crippen LogP contribution < -0.4 is 5.32 Å². The van der Waals surface area contributed by atoms with E-state index in [2.05, 4.69) is 26.2 Å². The van der Waals surface area contributed by atoms with Crippen molar-refractivity contribution in [2.75, 3.05) is 6.61 Å². The average molecular weight is 301 g/mol. The van der Waals surface area contributed by atoms with Crippen LogP contribution in [-0.2, 0) is 0 Å². The Labute approximate surface area is 110 Å². The van der Waals surface area contributed by atoms with Gasteiger partial charge in [-0.3, -0.25) is 4.79 Å². The van der Waals surface area contributed by atoms with E-state index in [-0.39, 0.29) is 18.1 Å². The van der Waals surface area contributed by atoms with E-state index in [9.17, 15) is 4.79 Å². The molecule has 0 saturated carbocycles. The van der Waals surface area contributed by atoms with Crippen molar-refractivity contribution < 1.29 is 9.90 Å². The van der Waals surface area contributed by atoms with E-state index >= 15 is 0 Å². The molecule has 0 radical (unpaired) electrons. The number of aliphatic hydroxyl groups is 1. The maximum absolute atomic E-state index is 12.0. The quantitative estimate of drug-likeness (QED) is 0.819. The van der Waals surface area contributed by atoms with Gasteiger partial charge in [0, 0.05) is 18.3 Å². The van der Waals surface area contributed by atoms with Crippen molar-refractivity contribution in [1.82, 2.24) is 10.3 Å². The maximum atomic E-state index is 12.0. The second kappa shape index (κ2) is 6.12. The Hall–Kier alpha value is -0.940. The number of hydrogen-bond donors (Lipinski definition) is 2. The highest BCUT2D eigenvalue weighted by Crippen LogP contribution is 2.15. The molecule has 5 heteroatoms. The minimum atomic E-state index is -0.376. The van der Waals surface area contributed by atoms with Gasteiger partial charge in [0.25, 0.3) is 5.91 Å². The summed E-state index contributed by atoms with van der Waals surface area (Å²) >= 11 is 3.22. The highest BCUT2D eigenvalue weighted by Gasteiger charge is 2.24. The van der Waals surface area contributed by atoms with Gasteiger partial charge in [-0.2, -0.15) is 0 Å². The van der Waals surface area contributed by atoms with Gasteiger partial charge in [0.05, 0.1) is 5.56 Å². The Morgan fingerprint density at radius 2 is 2.29 bits per heavy atom. The van der Waals surface area contributed by atoms with Gasteiger partial charge in [-0.25, -0.2) is 4.98 Å². The van der Waals surface area contributed by atoms with E-state index in [0.717, 1.165) is 6.42 Å². The number of halogens is 1. The number of nitrogens with one attached hydrogen (secondary N) is 1. The largest absolute Gasteiger partial charge is 0.396 e. The first-order valence-corrected chi connectivity index (χ1v) is 6.35. The van der Waals surface area contributed by atoms with Crippen LogP contribution >= 0.6 is 15.9 Å². The van der Waals surface area contributed by atoms with Gasteiger partial charge >= 0.3 is 0 Å². The van der Waals surface area contributed by atoms with Crippen LogP contribution in [0.3, 0.4) is 0 Å². The van der Waals surface area contributed by atoms with Crippen LogP contribution in [0.5, 0.6) is 0 Å². The summed E-state index contributed by atoms with van der Waals surface area (Å²) < 4.78 is 0.697. The lowest BCUT2D eigenvalue weighted by Crippen LogP contribution is -2.46. The number of aromatic nitrogens is 1. The van der Waals surface area contributed by atoms with Crippen molar-refractivity contribution in [3.05, 3.63) is 28.5 Å². The third kappa shape index (κ3) is 4.09. The fourth-order valence-corrected chi connectivity index (χ4v) is 1.67. The van der Waals surface area contributed by atoms with Crippen molar-refractivity contribution >= 4 is 21.8 Å². The van der Waals surface area contributed by atoms with E-state index in [4.69, 9.17) is 5.11 Å². The van der Waals surface area contributed by atoms with Gasteiger partial charge in [-0.1, -0.05) is 6.92 Å². The molecule has 0 spiro atoms. The van der Waals surface area contributed by atoms with Crippen molar-refractivity contribution in [3.63, 3.8) is 0 Å². The summed E-state index contributed by atoms with van der Waals surface area (Å²) in [6.45, 7) is 3.96. The molecule has 0 aromatic carbocycles. The summed E-state index contributed by atoms with van der Waals surface area (Å²) in [4.78, 5) is 16.0. The SMILES string of the molecule is CCC(C)(CCO)NC(=O)c1ccc(Br)nc1. The normalized spacial score (nSPS) is 14.1. The first kappa shape index (κ1) is 14.1. The molecule has 1 unspecified atom stereocenters. The molecule has 1 amide bonds. The van der Waals surface area contributed by atoms with E-state index in [1.807, 2.05) is 13.8 Å². The summed E-state index contributed by atoms with van der Waals surface area (Å²) in [6.07, 6.45) is 2.83. The first-order valence-electron chi connectivity index (χ1n) is 5.55. The molecule has 1 rings (SSSR count). The third-order valence-electron chi connectivity index (χ3n) is 2.85. The molecule has 1 aromatic heterocycles.